The van der Waals surface area contributed by atoms with Gasteiger partial charge in [-0.25, -0.2) is 4.79 Å². The standard InChI is InChI=1S/C12H19N3O4/c1-14-7-10(18)15(11(14)19)6-9(17)13-12(8-16)4-2-3-5-12/h16H,2-8H2,1H3,(H,13,17). The van der Waals surface area contributed by atoms with Gasteiger partial charge in [0.05, 0.1) is 12.1 Å². The second-order valence-electron chi connectivity index (χ2n) is 5.31. The molecule has 0 aromatic heterocycles. The lowest BCUT2D eigenvalue weighted by Crippen LogP contribution is -2.52. The van der Waals surface area contributed by atoms with Gasteiger partial charge in [0.2, 0.25) is 5.91 Å². The minimum absolute atomic E-state index is 0.0112. The second kappa shape index (κ2) is 5.16. The minimum Gasteiger partial charge on any atom is -0.394 e. The van der Waals surface area contributed by atoms with Gasteiger partial charge in [0.1, 0.15) is 13.1 Å². The van der Waals surface area contributed by atoms with E-state index in [-0.39, 0.29) is 25.6 Å². The molecule has 0 aromatic rings. The molecule has 0 unspecified atom stereocenters. The summed E-state index contributed by atoms with van der Waals surface area (Å²) in [5.41, 5.74) is -0.575. The van der Waals surface area contributed by atoms with Crippen LogP contribution in [0.4, 0.5) is 4.79 Å². The van der Waals surface area contributed by atoms with Gasteiger partial charge in [0, 0.05) is 7.05 Å². The summed E-state index contributed by atoms with van der Waals surface area (Å²) < 4.78 is 0. The lowest BCUT2D eigenvalue weighted by atomic mass is 9.99. The number of rotatable bonds is 4. The van der Waals surface area contributed by atoms with Crippen molar-refractivity contribution in [2.24, 2.45) is 0 Å². The summed E-state index contributed by atoms with van der Waals surface area (Å²) in [7, 11) is 1.52. The van der Waals surface area contributed by atoms with E-state index in [0.717, 1.165) is 30.6 Å². The Labute approximate surface area is 111 Å². The van der Waals surface area contributed by atoms with Crippen LogP contribution in [-0.4, -0.2) is 65.0 Å². The molecule has 2 fully saturated rings. The molecule has 19 heavy (non-hydrogen) atoms. The smallest absolute Gasteiger partial charge is 0.327 e. The van der Waals surface area contributed by atoms with E-state index in [2.05, 4.69) is 5.32 Å². The van der Waals surface area contributed by atoms with Crippen LogP contribution >= 0.6 is 0 Å². The molecule has 0 spiro atoms. The van der Waals surface area contributed by atoms with Crippen molar-refractivity contribution >= 4 is 17.8 Å². The zero-order chi connectivity index (χ0) is 14.0. The molecule has 2 rings (SSSR count). The molecule has 4 amide bonds. The predicted octanol–water partition coefficient (Wildman–Crippen LogP) is -0.698. The molecule has 0 bridgehead atoms. The van der Waals surface area contributed by atoms with E-state index >= 15 is 0 Å². The highest BCUT2D eigenvalue weighted by Crippen LogP contribution is 2.29. The maximum atomic E-state index is 11.9. The second-order valence-corrected chi connectivity index (χ2v) is 5.31. The summed E-state index contributed by atoms with van der Waals surface area (Å²) in [6.45, 7) is -0.373. The zero-order valence-electron chi connectivity index (χ0n) is 11.0. The Balaban J connectivity index is 1.94. The van der Waals surface area contributed by atoms with Crippen molar-refractivity contribution in [1.82, 2.24) is 15.1 Å². The molecule has 1 heterocycles. The van der Waals surface area contributed by atoms with Crippen molar-refractivity contribution in [1.29, 1.82) is 0 Å². The molecule has 1 saturated heterocycles. The van der Waals surface area contributed by atoms with Crippen LogP contribution in [0, 0.1) is 0 Å². The quantitative estimate of drug-likeness (QED) is 0.660. The van der Waals surface area contributed by atoms with Crippen molar-refractivity contribution in [3.8, 4) is 0 Å². The van der Waals surface area contributed by atoms with Crippen molar-refractivity contribution < 1.29 is 19.5 Å². The summed E-state index contributed by atoms with van der Waals surface area (Å²) in [6.07, 6.45) is 3.39. The van der Waals surface area contributed by atoms with Gasteiger partial charge in [-0.3, -0.25) is 14.5 Å². The SMILES string of the molecule is CN1CC(=O)N(CC(=O)NC2(CO)CCCC2)C1=O. The molecule has 7 nitrogen and oxygen atoms in total. The summed E-state index contributed by atoms with van der Waals surface area (Å²) >= 11 is 0. The number of hydrogen-bond donors (Lipinski definition) is 2. The summed E-state index contributed by atoms with van der Waals surface area (Å²) in [6, 6.07) is -0.454. The van der Waals surface area contributed by atoms with Crippen LogP contribution in [0.3, 0.4) is 0 Å². The van der Waals surface area contributed by atoms with E-state index in [0.29, 0.717) is 0 Å². The van der Waals surface area contributed by atoms with Gasteiger partial charge in [-0.2, -0.15) is 0 Å². The molecule has 1 aliphatic carbocycles. The Hall–Kier alpha value is -1.63. The number of nitrogens with one attached hydrogen (secondary N) is 1. The maximum absolute atomic E-state index is 11.9. The number of nitrogens with zero attached hydrogens (tertiary/aromatic N) is 2. The predicted molar refractivity (Wildman–Crippen MR) is 66.2 cm³/mol. The highest BCUT2D eigenvalue weighted by Gasteiger charge is 2.38. The van der Waals surface area contributed by atoms with E-state index in [4.69, 9.17) is 0 Å². The molecule has 0 radical (unpaired) electrons. The van der Waals surface area contributed by atoms with Gasteiger partial charge in [-0.15, -0.1) is 0 Å². The maximum Gasteiger partial charge on any atom is 0.327 e. The molecule has 7 heteroatoms. The number of hydrogen-bond acceptors (Lipinski definition) is 4. The molecular weight excluding hydrogens is 250 g/mol. The highest BCUT2D eigenvalue weighted by molar-refractivity contribution is 6.04. The highest BCUT2D eigenvalue weighted by atomic mass is 16.3. The van der Waals surface area contributed by atoms with Crippen molar-refractivity contribution in [2.45, 2.75) is 31.2 Å². The lowest BCUT2D eigenvalue weighted by molar-refractivity contribution is -0.131. The van der Waals surface area contributed by atoms with Gasteiger partial charge in [-0.1, -0.05) is 12.8 Å². The molecule has 106 valence electrons. The number of amides is 4. The Morgan fingerprint density at radius 2 is 2.00 bits per heavy atom. The fourth-order valence-electron chi connectivity index (χ4n) is 2.68. The van der Waals surface area contributed by atoms with Gasteiger partial charge in [0.25, 0.3) is 5.91 Å². The average molecular weight is 269 g/mol. The van der Waals surface area contributed by atoms with Crippen LogP contribution in [-0.2, 0) is 9.59 Å². The topological polar surface area (TPSA) is 90.0 Å². The average Bonchev–Trinajstić information content (AvgIpc) is 2.91. The molecule has 2 N–H and O–H groups in total. The largest absolute Gasteiger partial charge is 0.394 e. The summed E-state index contributed by atoms with van der Waals surface area (Å²) in [5.74, 6) is -0.764. The Bertz CT molecular complexity index is 404. The first kappa shape index (κ1) is 13.8. The normalized spacial score (nSPS) is 22.2. The van der Waals surface area contributed by atoms with Gasteiger partial charge >= 0.3 is 6.03 Å². The zero-order valence-corrected chi connectivity index (χ0v) is 11.0. The van der Waals surface area contributed by atoms with Gasteiger partial charge in [-0.05, 0) is 12.8 Å². The summed E-state index contributed by atoms with van der Waals surface area (Å²) in [4.78, 5) is 37.3. The lowest BCUT2D eigenvalue weighted by Gasteiger charge is -2.28. The van der Waals surface area contributed by atoms with Crippen LogP contribution in [0.25, 0.3) is 0 Å². The third-order valence-corrected chi connectivity index (χ3v) is 3.80. The fraction of sp³-hybridized carbons (Fsp3) is 0.750. The third-order valence-electron chi connectivity index (χ3n) is 3.80. The molecule has 1 saturated carbocycles. The van der Waals surface area contributed by atoms with Crippen molar-refractivity contribution in [3.05, 3.63) is 0 Å². The van der Waals surface area contributed by atoms with Crippen LogP contribution < -0.4 is 5.32 Å². The van der Waals surface area contributed by atoms with E-state index in [1.54, 1.807) is 0 Å². The molecule has 0 aromatic carbocycles. The van der Waals surface area contributed by atoms with Crippen molar-refractivity contribution in [2.75, 3.05) is 26.7 Å². The number of carbonyl (C=O) groups excluding carboxylic acids is 3. The molecular formula is C12H19N3O4. The van der Waals surface area contributed by atoms with Crippen LogP contribution in [0.15, 0.2) is 0 Å². The monoisotopic (exact) mass is 269 g/mol. The van der Waals surface area contributed by atoms with E-state index < -0.39 is 17.5 Å². The van der Waals surface area contributed by atoms with E-state index in [9.17, 15) is 19.5 Å². The minimum atomic E-state index is -0.575. The van der Waals surface area contributed by atoms with E-state index in [1.165, 1.54) is 11.9 Å². The van der Waals surface area contributed by atoms with Gasteiger partial charge in [0.15, 0.2) is 0 Å². The van der Waals surface area contributed by atoms with Gasteiger partial charge < -0.3 is 15.3 Å². The van der Waals surface area contributed by atoms with Crippen LogP contribution in [0.5, 0.6) is 0 Å². The number of carbonyl (C=O) groups is 3. The first-order valence-corrected chi connectivity index (χ1v) is 6.45. The Morgan fingerprint density at radius 3 is 2.47 bits per heavy atom. The first-order chi connectivity index (χ1) is 8.97. The number of aliphatic hydroxyl groups excluding tert-OH is 1. The number of likely N-dealkylation sites (N-methyl/N-ethyl adjacent to an activating group) is 1. The Kier molecular flexibility index (Phi) is 3.75. The third kappa shape index (κ3) is 2.70. The fourth-order valence-corrected chi connectivity index (χ4v) is 2.68. The van der Waals surface area contributed by atoms with E-state index in [1.807, 2.05) is 0 Å². The van der Waals surface area contributed by atoms with Crippen molar-refractivity contribution in [3.63, 3.8) is 0 Å². The van der Waals surface area contributed by atoms with Crippen LogP contribution in [0.2, 0.25) is 0 Å². The molecule has 2 aliphatic rings. The number of urea groups is 1. The molecule has 1 aliphatic heterocycles. The summed E-state index contributed by atoms with van der Waals surface area (Å²) in [5, 5.41) is 12.2. The Morgan fingerprint density at radius 1 is 1.37 bits per heavy atom. The number of aliphatic hydroxyl groups is 1. The first-order valence-electron chi connectivity index (χ1n) is 6.45. The van der Waals surface area contributed by atoms with Crippen LogP contribution in [0.1, 0.15) is 25.7 Å². The molecule has 0 atom stereocenters. The number of imide groups is 1.